The van der Waals surface area contributed by atoms with Crippen molar-refractivity contribution in [2.45, 2.75) is 18.9 Å². The van der Waals surface area contributed by atoms with Gasteiger partial charge in [0.15, 0.2) is 0 Å². The molecule has 1 unspecified atom stereocenters. The van der Waals surface area contributed by atoms with Crippen LogP contribution in [0.3, 0.4) is 0 Å². The van der Waals surface area contributed by atoms with Crippen LogP contribution in [0.5, 0.6) is 0 Å². The number of benzene rings is 2. The van der Waals surface area contributed by atoms with Gasteiger partial charge >= 0.3 is 0 Å². The molecule has 23 heavy (non-hydrogen) atoms. The van der Waals surface area contributed by atoms with E-state index in [9.17, 15) is 9.59 Å². The van der Waals surface area contributed by atoms with Crippen molar-refractivity contribution < 1.29 is 9.59 Å². The number of nitrogens with one attached hydrogen (secondary N) is 1. The van der Waals surface area contributed by atoms with E-state index in [4.69, 9.17) is 28.9 Å². The Bertz CT molecular complexity index is 705. The number of rotatable bonds is 6. The van der Waals surface area contributed by atoms with Crippen LogP contribution in [0.4, 0.5) is 0 Å². The highest BCUT2D eigenvalue weighted by Gasteiger charge is 2.19. The summed E-state index contributed by atoms with van der Waals surface area (Å²) >= 11 is 11.9. The average molecular weight is 351 g/mol. The van der Waals surface area contributed by atoms with Crippen LogP contribution in [0.1, 0.15) is 23.6 Å². The van der Waals surface area contributed by atoms with Gasteiger partial charge in [0.1, 0.15) is 6.04 Å². The van der Waals surface area contributed by atoms with E-state index in [0.29, 0.717) is 22.0 Å². The minimum Gasteiger partial charge on any atom is -0.368 e. The molecule has 4 nitrogen and oxygen atoms in total. The summed E-state index contributed by atoms with van der Waals surface area (Å²) in [6.07, 6.45) is 0.639. The van der Waals surface area contributed by atoms with Crippen molar-refractivity contribution in [2.24, 2.45) is 5.73 Å². The zero-order chi connectivity index (χ0) is 16.8. The van der Waals surface area contributed by atoms with E-state index in [1.807, 2.05) is 6.07 Å². The second kappa shape index (κ2) is 7.99. The van der Waals surface area contributed by atoms with E-state index in [1.165, 1.54) is 0 Å². The molecule has 0 aromatic heterocycles. The summed E-state index contributed by atoms with van der Waals surface area (Å²) in [6, 6.07) is 13.2. The minimum absolute atomic E-state index is 0.192. The van der Waals surface area contributed by atoms with Crippen LogP contribution in [-0.2, 0) is 16.0 Å². The van der Waals surface area contributed by atoms with E-state index in [-0.39, 0.29) is 12.3 Å². The minimum atomic E-state index is -0.843. The predicted octanol–water partition coefficient (Wildman–Crippen LogP) is 3.27. The number of hydrogen-bond donors (Lipinski definition) is 2. The Labute approximate surface area is 144 Å². The van der Waals surface area contributed by atoms with Crippen LogP contribution >= 0.6 is 23.2 Å². The number of primary amides is 1. The SMILES string of the molecule is NC(=O)C(NC(=O)CCc1ccc(Cl)cc1Cl)c1ccccc1. The molecule has 0 saturated heterocycles. The molecule has 2 aromatic rings. The molecule has 0 aliphatic heterocycles. The largest absolute Gasteiger partial charge is 0.368 e. The second-order valence-corrected chi connectivity index (χ2v) is 5.89. The fourth-order valence-electron chi connectivity index (χ4n) is 2.17. The highest BCUT2D eigenvalue weighted by atomic mass is 35.5. The number of carbonyl (C=O) groups is 2. The molecule has 2 rings (SSSR count). The van der Waals surface area contributed by atoms with E-state index in [2.05, 4.69) is 5.32 Å². The highest BCUT2D eigenvalue weighted by Crippen LogP contribution is 2.22. The first-order valence-electron chi connectivity index (χ1n) is 7.05. The van der Waals surface area contributed by atoms with Crippen molar-refractivity contribution in [2.75, 3.05) is 0 Å². The lowest BCUT2D eigenvalue weighted by molar-refractivity contribution is -0.127. The third kappa shape index (κ3) is 4.98. The molecule has 6 heteroatoms. The first kappa shape index (κ1) is 17.3. The number of hydrogen-bond acceptors (Lipinski definition) is 2. The lowest BCUT2D eigenvalue weighted by atomic mass is 10.1. The number of nitrogens with two attached hydrogens (primary N) is 1. The summed E-state index contributed by atoms with van der Waals surface area (Å²) in [4.78, 5) is 23.7. The van der Waals surface area contributed by atoms with Gasteiger partial charge in [0.2, 0.25) is 11.8 Å². The van der Waals surface area contributed by atoms with Crippen LogP contribution in [0.2, 0.25) is 10.0 Å². The van der Waals surface area contributed by atoms with Crippen molar-refractivity contribution in [3.63, 3.8) is 0 Å². The van der Waals surface area contributed by atoms with Gasteiger partial charge in [-0.2, -0.15) is 0 Å². The van der Waals surface area contributed by atoms with E-state index < -0.39 is 11.9 Å². The summed E-state index contributed by atoms with van der Waals surface area (Å²) in [6.45, 7) is 0. The molecule has 0 fully saturated rings. The molecule has 0 aliphatic rings. The molecule has 2 amide bonds. The zero-order valence-corrected chi connectivity index (χ0v) is 13.8. The van der Waals surface area contributed by atoms with Crippen LogP contribution < -0.4 is 11.1 Å². The van der Waals surface area contributed by atoms with Gasteiger partial charge in [-0.1, -0.05) is 59.6 Å². The van der Waals surface area contributed by atoms with Crippen molar-refractivity contribution in [1.29, 1.82) is 0 Å². The van der Waals surface area contributed by atoms with Crippen LogP contribution in [-0.4, -0.2) is 11.8 Å². The maximum Gasteiger partial charge on any atom is 0.244 e. The molecule has 0 heterocycles. The predicted molar refractivity (Wildman–Crippen MR) is 91.3 cm³/mol. The van der Waals surface area contributed by atoms with Crippen molar-refractivity contribution >= 4 is 35.0 Å². The quantitative estimate of drug-likeness (QED) is 0.838. The van der Waals surface area contributed by atoms with Crippen molar-refractivity contribution in [3.8, 4) is 0 Å². The van der Waals surface area contributed by atoms with Gasteiger partial charge in [0.25, 0.3) is 0 Å². The normalized spacial score (nSPS) is 11.7. The first-order chi connectivity index (χ1) is 11.0. The summed E-state index contributed by atoms with van der Waals surface area (Å²) < 4.78 is 0. The molecular formula is C17H16Cl2N2O2. The topological polar surface area (TPSA) is 72.2 Å². The smallest absolute Gasteiger partial charge is 0.244 e. The van der Waals surface area contributed by atoms with Gasteiger partial charge in [-0.3, -0.25) is 9.59 Å². The molecule has 0 bridgehead atoms. The van der Waals surface area contributed by atoms with E-state index in [1.54, 1.807) is 42.5 Å². The summed E-state index contributed by atoms with van der Waals surface area (Å²) in [7, 11) is 0. The Hall–Kier alpha value is -2.04. The van der Waals surface area contributed by atoms with Gasteiger partial charge in [-0.25, -0.2) is 0 Å². The maximum absolute atomic E-state index is 12.1. The Kier molecular flexibility index (Phi) is 6.02. The highest BCUT2D eigenvalue weighted by molar-refractivity contribution is 6.35. The summed E-state index contributed by atoms with van der Waals surface area (Å²) in [5.74, 6) is -0.877. The molecule has 3 N–H and O–H groups in total. The van der Waals surface area contributed by atoms with Crippen molar-refractivity contribution in [1.82, 2.24) is 5.32 Å². The average Bonchev–Trinajstić information content (AvgIpc) is 2.52. The summed E-state index contributed by atoms with van der Waals surface area (Å²) in [5.41, 5.74) is 6.85. The molecule has 1 atom stereocenters. The lowest BCUT2D eigenvalue weighted by Crippen LogP contribution is -2.37. The van der Waals surface area contributed by atoms with Gasteiger partial charge in [-0.05, 0) is 29.7 Å². The zero-order valence-electron chi connectivity index (χ0n) is 12.3. The Morgan fingerprint density at radius 3 is 2.39 bits per heavy atom. The molecular weight excluding hydrogens is 335 g/mol. The molecule has 0 spiro atoms. The fourth-order valence-corrected chi connectivity index (χ4v) is 2.67. The van der Waals surface area contributed by atoms with Crippen LogP contribution in [0, 0.1) is 0 Å². The van der Waals surface area contributed by atoms with Crippen LogP contribution in [0.25, 0.3) is 0 Å². The maximum atomic E-state index is 12.1. The van der Waals surface area contributed by atoms with E-state index >= 15 is 0 Å². The molecule has 0 saturated carbocycles. The Balaban J connectivity index is 1.98. The van der Waals surface area contributed by atoms with Crippen molar-refractivity contribution in [3.05, 3.63) is 69.7 Å². The number of carbonyl (C=O) groups excluding carboxylic acids is 2. The second-order valence-electron chi connectivity index (χ2n) is 5.05. The molecule has 0 radical (unpaired) electrons. The number of amides is 2. The fraction of sp³-hybridized carbons (Fsp3) is 0.176. The Morgan fingerprint density at radius 2 is 1.78 bits per heavy atom. The summed E-state index contributed by atoms with van der Waals surface area (Å²) in [5, 5.41) is 3.71. The third-order valence-electron chi connectivity index (χ3n) is 3.36. The van der Waals surface area contributed by atoms with E-state index in [0.717, 1.165) is 5.56 Å². The van der Waals surface area contributed by atoms with Gasteiger partial charge < -0.3 is 11.1 Å². The van der Waals surface area contributed by atoms with Gasteiger partial charge in [0, 0.05) is 16.5 Å². The third-order valence-corrected chi connectivity index (χ3v) is 3.95. The lowest BCUT2D eigenvalue weighted by Gasteiger charge is -2.16. The molecule has 2 aromatic carbocycles. The molecule has 120 valence electrons. The Morgan fingerprint density at radius 1 is 1.09 bits per heavy atom. The standard InChI is InChI=1S/C17H16Cl2N2O2/c18-13-8-6-11(14(19)10-13)7-9-15(22)21-16(17(20)23)12-4-2-1-3-5-12/h1-6,8,10,16H,7,9H2,(H2,20,23)(H,21,22). The van der Waals surface area contributed by atoms with Crippen LogP contribution in [0.15, 0.2) is 48.5 Å². The van der Waals surface area contributed by atoms with Gasteiger partial charge in [0.05, 0.1) is 0 Å². The van der Waals surface area contributed by atoms with Gasteiger partial charge in [-0.15, -0.1) is 0 Å². The molecule has 0 aliphatic carbocycles. The first-order valence-corrected chi connectivity index (χ1v) is 7.80. The number of halogens is 2. The monoisotopic (exact) mass is 350 g/mol. The number of aryl methyl sites for hydroxylation is 1.